The number of hydrogen-bond acceptors (Lipinski definition) is 4. The van der Waals surface area contributed by atoms with E-state index in [1.54, 1.807) is 7.11 Å². The molecule has 0 saturated heterocycles. The van der Waals surface area contributed by atoms with Crippen molar-refractivity contribution >= 4 is 11.6 Å². The summed E-state index contributed by atoms with van der Waals surface area (Å²) in [4.78, 5) is 12.0. The van der Waals surface area contributed by atoms with Crippen LogP contribution >= 0.6 is 0 Å². The Balaban J connectivity index is 1.61. The van der Waals surface area contributed by atoms with E-state index >= 15 is 0 Å². The topological polar surface area (TPSA) is 59.6 Å². The van der Waals surface area contributed by atoms with Crippen LogP contribution in [0.15, 0.2) is 18.2 Å². The summed E-state index contributed by atoms with van der Waals surface area (Å²) in [6.45, 7) is 3.62. The van der Waals surface area contributed by atoms with Crippen LogP contribution < -0.4 is 10.6 Å². The van der Waals surface area contributed by atoms with Crippen LogP contribution in [0.5, 0.6) is 0 Å². The van der Waals surface area contributed by atoms with Gasteiger partial charge in [0, 0.05) is 38.1 Å². The van der Waals surface area contributed by atoms with Gasteiger partial charge in [0.2, 0.25) is 0 Å². The van der Waals surface area contributed by atoms with Gasteiger partial charge < -0.3 is 20.1 Å². The van der Waals surface area contributed by atoms with Gasteiger partial charge in [-0.15, -0.1) is 0 Å². The van der Waals surface area contributed by atoms with Crippen molar-refractivity contribution in [2.24, 2.45) is 0 Å². The maximum atomic E-state index is 12.0. The molecule has 0 aromatic heterocycles. The molecule has 0 unspecified atom stereocenters. The van der Waals surface area contributed by atoms with Crippen LogP contribution in [0.2, 0.25) is 0 Å². The summed E-state index contributed by atoms with van der Waals surface area (Å²) in [7, 11) is 1.66. The van der Waals surface area contributed by atoms with Crippen LogP contribution in [0, 0.1) is 0 Å². The molecule has 2 N–H and O–H groups in total. The second kappa shape index (κ2) is 8.64. The highest BCUT2D eigenvalue weighted by molar-refractivity contribution is 5.95. The summed E-state index contributed by atoms with van der Waals surface area (Å²) < 4.78 is 10.3. The molecule has 0 radical (unpaired) electrons. The molecule has 1 aliphatic heterocycles. The van der Waals surface area contributed by atoms with E-state index < -0.39 is 0 Å². The molecule has 5 nitrogen and oxygen atoms in total. The normalized spacial score (nSPS) is 12.8. The Bertz CT molecular complexity index is 463. The molecule has 1 aromatic carbocycles. The molecule has 0 bridgehead atoms. The zero-order valence-electron chi connectivity index (χ0n) is 12.6. The van der Waals surface area contributed by atoms with Crippen molar-refractivity contribution in [3.63, 3.8) is 0 Å². The average molecular weight is 292 g/mol. The highest BCUT2D eigenvalue weighted by atomic mass is 16.5. The van der Waals surface area contributed by atoms with Gasteiger partial charge in [-0.05, 0) is 43.0 Å². The fourth-order valence-electron chi connectivity index (χ4n) is 2.32. The molecule has 5 heteroatoms. The molecule has 2 rings (SSSR count). The van der Waals surface area contributed by atoms with E-state index in [0.29, 0.717) is 26.4 Å². The van der Waals surface area contributed by atoms with E-state index in [9.17, 15) is 4.79 Å². The molecule has 0 aliphatic carbocycles. The van der Waals surface area contributed by atoms with Crippen LogP contribution in [0.1, 0.15) is 28.8 Å². The van der Waals surface area contributed by atoms with Gasteiger partial charge in [-0.2, -0.15) is 0 Å². The molecule has 1 aliphatic rings. The lowest BCUT2D eigenvalue weighted by Crippen LogP contribution is -2.24. The molecule has 1 amide bonds. The average Bonchev–Trinajstić information content (AvgIpc) is 2.97. The molecule has 21 heavy (non-hydrogen) atoms. The van der Waals surface area contributed by atoms with Crippen molar-refractivity contribution in [1.82, 2.24) is 5.32 Å². The van der Waals surface area contributed by atoms with Crippen molar-refractivity contribution in [3.8, 4) is 0 Å². The standard InChI is InChI=1S/C16H24N2O3/c1-20-10-11-21-9-3-2-7-18-16(19)14-4-5-15-13(12-14)6-8-17-15/h4-5,12,17H,2-3,6-11H2,1H3,(H,18,19). The molecule has 1 heterocycles. The fraction of sp³-hybridized carbons (Fsp3) is 0.562. The first-order valence-corrected chi connectivity index (χ1v) is 7.53. The van der Waals surface area contributed by atoms with E-state index in [0.717, 1.165) is 37.1 Å². The number of carbonyl (C=O) groups is 1. The third-order valence-corrected chi connectivity index (χ3v) is 3.51. The molecule has 0 atom stereocenters. The van der Waals surface area contributed by atoms with Crippen molar-refractivity contribution in [2.75, 3.05) is 45.3 Å². The van der Waals surface area contributed by atoms with Crippen LogP contribution in [0.4, 0.5) is 5.69 Å². The summed E-state index contributed by atoms with van der Waals surface area (Å²) in [6.07, 6.45) is 2.86. The van der Waals surface area contributed by atoms with E-state index in [1.807, 2.05) is 18.2 Å². The van der Waals surface area contributed by atoms with E-state index in [1.165, 1.54) is 5.56 Å². The van der Waals surface area contributed by atoms with Crippen molar-refractivity contribution in [1.29, 1.82) is 0 Å². The zero-order chi connectivity index (χ0) is 14.9. The molecule has 116 valence electrons. The number of unbranched alkanes of at least 4 members (excludes halogenated alkanes) is 1. The second-order valence-electron chi connectivity index (χ2n) is 5.12. The van der Waals surface area contributed by atoms with E-state index in [-0.39, 0.29) is 5.91 Å². The van der Waals surface area contributed by atoms with E-state index in [4.69, 9.17) is 9.47 Å². The smallest absolute Gasteiger partial charge is 0.251 e. The molecule has 0 saturated carbocycles. The lowest BCUT2D eigenvalue weighted by Gasteiger charge is -2.07. The SMILES string of the molecule is COCCOCCCCNC(=O)c1ccc2c(c1)CCN2. The number of methoxy groups -OCH3 is 1. The Labute approximate surface area is 126 Å². The first-order chi connectivity index (χ1) is 10.3. The third kappa shape index (κ3) is 5.02. The predicted octanol–water partition coefficient (Wildman–Crippen LogP) is 1.83. The van der Waals surface area contributed by atoms with Crippen LogP contribution in [-0.2, 0) is 15.9 Å². The monoisotopic (exact) mass is 292 g/mol. The highest BCUT2D eigenvalue weighted by Gasteiger charge is 2.12. The minimum absolute atomic E-state index is 0.00463. The zero-order valence-corrected chi connectivity index (χ0v) is 12.6. The number of ether oxygens (including phenoxy) is 2. The van der Waals surface area contributed by atoms with Crippen molar-refractivity contribution in [3.05, 3.63) is 29.3 Å². The Hall–Kier alpha value is -1.59. The van der Waals surface area contributed by atoms with Gasteiger partial charge >= 0.3 is 0 Å². The minimum atomic E-state index is 0.00463. The number of benzene rings is 1. The Morgan fingerprint density at radius 3 is 3.05 bits per heavy atom. The quantitative estimate of drug-likeness (QED) is 0.682. The predicted molar refractivity (Wildman–Crippen MR) is 82.9 cm³/mol. The summed E-state index contributed by atoms with van der Waals surface area (Å²) in [5, 5.41) is 6.25. The molecule has 1 aromatic rings. The Kier molecular flexibility index (Phi) is 6.50. The molecular weight excluding hydrogens is 268 g/mol. The van der Waals surface area contributed by atoms with Crippen molar-refractivity contribution < 1.29 is 14.3 Å². The Morgan fingerprint density at radius 2 is 2.19 bits per heavy atom. The lowest BCUT2D eigenvalue weighted by atomic mass is 10.1. The minimum Gasteiger partial charge on any atom is -0.384 e. The van der Waals surface area contributed by atoms with Crippen LogP contribution in [-0.4, -0.2) is 45.9 Å². The third-order valence-electron chi connectivity index (χ3n) is 3.51. The second-order valence-corrected chi connectivity index (χ2v) is 5.12. The molecular formula is C16H24N2O3. The van der Waals surface area contributed by atoms with Gasteiger partial charge in [0.1, 0.15) is 0 Å². The van der Waals surface area contributed by atoms with Gasteiger partial charge in [-0.25, -0.2) is 0 Å². The number of amides is 1. The maximum absolute atomic E-state index is 12.0. The Morgan fingerprint density at radius 1 is 1.29 bits per heavy atom. The summed E-state index contributed by atoms with van der Waals surface area (Å²) in [5.41, 5.74) is 3.13. The van der Waals surface area contributed by atoms with Crippen LogP contribution in [0.3, 0.4) is 0 Å². The van der Waals surface area contributed by atoms with Gasteiger partial charge in [0.15, 0.2) is 0 Å². The number of rotatable bonds is 9. The highest BCUT2D eigenvalue weighted by Crippen LogP contribution is 2.22. The van der Waals surface area contributed by atoms with Crippen LogP contribution in [0.25, 0.3) is 0 Å². The first kappa shape index (κ1) is 15.8. The maximum Gasteiger partial charge on any atom is 0.251 e. The lowest BCUT2D eigenvalue weighted by molar-refractivity contribution is 0.0686. The summed E-state index contributed by atoms with van der Waals surface area (Å²) in [5.74, 6) is 0.00463. The van der Waals surface area contributed by atoms with Gasteiger partial charge in [0.05, 0.1) is 13.2 Å². The molecule has 0 fully saturated rings. The van der Waals surface area contributed by atoms with Crippen molar-refractivity contribution in [2.45, 2.75) is 19.3 Å². The fourth-order valence-corrected chi connectivity index (χ4v) is 2.32. The number of nitrogens with one attached hydrogen (secondary N) is 2. The van der Waals surface area contributed by atoms with E-state index in [2.05, 4.69) is 10.6 Å². The van der Waals surface area contributed by atoms with Gasteiger partial charge in [-0.3, -0.25) is 4.79 Å². The number of anilines is 1. The largest absolute Gasteiger partial charge is 0.384 e. The van der Waals surface area contributed by atoms with Gasteiger partial charge in [0.25, 0.3) is 5.91 Å². The number of hydrogen-bond donors (Lipinski definition) is 2. The number of carbonyl (C=O) groups excluding carboxylic acids is 1. The first-order valence-electron chi connectivity index (χ1n) is 7.53. The summed E-state index contributed by atoms with van der Waals surface area (Å²) >= 11 is 0. The molecule has 0 spiro atoms. The summed E-state index contributed by atoms with van der Waals surface area (Å²) in [6, 6.07) is 5.85. The van der Waals surface area contributed by atoms with Gasteiger partial charge in [-0.1, -0.05) is 0 Å². The number of fused-ring (bicyclic) bond motifs is 1.